The molecule has 5 nitrogen and oxygen atoms in total. The van der Waals surface area contributed by atoms with Gasteiger partial charge in [0, 0.05) is 0 Å². The Kier molecular flexibility index (Phi) is 11.0. The summed E-state index contributed by atoms with van der Waals surface area (Å²) in [4.78, 5) is 22.8. The number of rotatable bonds is 6. The van der Waals surface area contributed by atoms with Crippen LogP contribution in [0.3, 0.4) is 0 Å². The van der Waals surface area contributed by atoms with Crippen molar-refractivity contribution >= 4 is 24.3 Å². The number of ether oxygens (including phenoxy) is 3. The molecular weight excluding hydrogens is 404 g/mol. The molecule has 0 bridgehead atoms. The molecule has 0 amide bonds. The van der Waals surface area contributed by atoms with E-state index in [1.165, 1.54) is 12.5 Å². The molecule has 172 valence electrons. The zero-order valence-electron chi connectivity index (χ0n) is 19.8. The van der Waals surface area contributed by atoms with E-state index in [0.717, 1.165) is 17.5 Å². The maximum absolute atomic E-state index is 11.6. The van der Waals surface area contributed by atoms with Crippen LogP contribution >= 0.6 is 0 Å². The van der Waals surface area contributed by atoms with Gasteiger partial charge in [-0.25, -0.2) is 4.79 Å². The van der Waals surface area contributed by atoms with E-state index in [-0.39, 0.29) is 5.97 Å². The normalized spacial score (nSPS) is 11.6. The molecule has 0 heterocycles. The Balaban J connectivity index is 0.000000320. The molecule has 2 aromatic carbocycles. The zero-order chi connectivity index (χ0) is 24.0. The first kappa shape index (κ1) is 26.7. The molecule has 2 aromatic rings. The summed E-state index contributed by atoms with van der Waals surface area (Å²) in [7, 11) is 0. The minimum absolute atomic E-state index is 0.192. The molecule has 32 heavy (non-hydrogen) atoms. The van der Waals surface area contributed by atoms with Crippen molar-refractivity contribution in [1.82, 2.24) is 0 Å². The van der Waals surface area contributed by atoms with Crippen LogP contribution in [0.4, 0.5) is 4.79 Å². The van der Waals surface area contributed by atoms with Crippen molar-refractivity contribution in [1.29, 1.82) is 0 Å². The smallest absolute Gasteiger partial charge is 0.434 e. The Hall–Kier alpha value is -3.34. The zero-order valence-corrected chi connectivity index (χ0v) is 19.8. The fraction of sp³-hybridized carbons (Fsp3) is 0.333. The topological polar surface area (TPSA) is 61.8 Å². The molecule has 0 atom stereocenters. The minimum Gasteiger partial charge on any atom is -0.434 e. The van der Waals surface area contributed by atoms with E-state index in [0.29, 0.717) is 0 Å². The number of esters is 1. The second-order valence-electron chi connectivity index (χ2n) is 8.65. The van der Waals surface area contributed by atoms with Gasteiger partial charge in [0.05, 0.1) is 17.9 Å². The predicted octanol–water partition coefficient (Wildman–Crippen LogP) is 7.25. The quantitative estimate of drug-likeness (QED) is 0.351. The van der Waals surface area contributed by atoms with Gasteiger partial charge in [0.25, 0.3) is 0 Å². The molecule has 0 unspecified atom stereocenters. The van der Waals surface area contributed by atoms with Crippen molar-refractivity contribution in [3.8, 4) is 0 Å². The standard InChI is InChI=1S/C14H18O2.C13H16O3/c1-4-14(2,3)13(15)16-11-10-12-8-6-5-7-9-12;1-13(2,3)16-12(14)15-10-9-11-7-5-4-6-8-11/h5-11H,4H2,1-3H3;4-10H,1-3H3. The first-order valence-corrected chi connectivity index (χ1v) is 10.6. The van der Waals surface area contributed by atoms with E-state index in [4.69, 9.17) is 14.2 Å². The Morgan fingerprint density at radius 2 is 1.19 bits per heavy atom. The highest BCUT2D eigenvalue weighted by molar-refractivity contribution is 5.76. The van der Waals surface area contributed by atoms with Crippen LogP contribution in [0.2, 0.25) is 0 Å². The summed E-state index contributed by atoms with van der Waals surface area (Å²) < 4.78 is 14.8. The van der Waals surface area contributed by atoms with Gasteiger partial charge in [-0.3, -0.25) is 4.79 Å². The van der Waals surface area contributed by atoms with Crippen LogP contribution in [0.25, 0.3) is 12.2 Å². The summed E-state index contributed by atoms with van der Waals surface area (Å²) in [5.74, 6) is -0.192. The second kappa shape index (κ2) is 13.2. The van der Waals surface area contributed by atoms with Crippen molar-refractivity contribution in [2.24, 2.45) is 5.41 Å². The van der Waals surface area contributed by atoms with Gasteiger partial charge in [0.2, 0.25) is 0 Å². The lowest BCUT2D eigenvalue weighted by Crippen LogP contribution is -2.23. The Bertz CT molecular complexity index is 875. The van der Waals surface area contributed by atoms with Crippen molar-refractivity contribution in [2.45, 2.75) is 53.6 Å². The third kappa shape index (κ3) is 11.7. The van der Waals surface area contributed by atoms with E-state index in [1.807, 2.05) is 81.4 Å². The van der Waals surface area contributed by atoms with Gasteiger partial charge in [0.15, 0.2) is 0 Å². The Morgan fingerprint density at radius 1 is 0.750 bits per heavy atom. The van der Waals surface area contributed by atoms with Crippen LogP contribution in [-0.2, 0) is 19.0 Å². The highest BCUT2D eigenvalue weighted by Crippen LogP contribution is 2.21. The summed E-state index contributed by atoms with van der Waals surface area (Å²) in [5.41, 5.74) is 1.04. The second-order valence-corrected chi connectivity index (χ2v) is 8.65. The van der Waals surface area contributed by atoms with E-state index >= 15 is 0 Å². The molecule has 0 aliphatic carbocycles. The number of hydrogen-bond acceptors (Lipinski definition) is 5. The number of benzene rings is 2. The minimum atomic E-state index is -0.695. The average Bonchev–Trinajstić information content (AvgIpc) is 2.74. The number of carbonyl (C=O) groups is 2. The van der Waals surface area contributed by atoms with Gasteiger partial charge in [-0.2, -0.15) is 0 Å². The van der Waals surface area contributed by atoms with E-state index < -0.39 is 17.2 Å². The van der Waals surface area contributed by atoms with E-state index in [1.54, 1.807) is 32.9 Å². The van der Waals surface area contributed by atoms with Gasteiger partial charge in [-0.1, -0.05) is 67.6 Å². The fourth-order valence-corrected chi connectivity index (χ4v) is 2.05. The van der Waals surface area contributed by atoms with Gasteiger partial charge >= 0.3 is 12.1 Å². The number of carbonyl (C=O) groups excluding carboxylic acids is 2. The summed E-state index contributed by atoms with van der Waals surface area (Å²) in [6.45, 7) is 11.1. The van der Waals surface area contributed by atoms with Crippen molar-refractivity contribution in [2.75, 3.05) is 0 Å². The molecule has 0 fully saturated rings. The van der Waals surface area contributed by atoms with Crippen LogP contribution in [0.5, 0.6) is 0 Å². The summed E-state index contributed by atoms with van der Waals surface area (Å²) >= 11 is 0. The SMILES string of the molecule is CC(C)(C)OC(=O)OC=Cc1ccccc1.CCC(C)(C)C(=O)OC=Cc1ccccc1. The first-order chi connectivity index (χ1) is 15.0. The maximum Gasteiger partial charge on any atom is 0.513 e. The monoisotopic (exact) mass is 438 g/mol. The average molecular weight is 439 g/mol. The fourth-order valence-electron chi connectivity index (χ4n) is 2.05. The van der Waals surface area contributed by atoms with Crippen LogP contribution in [-0.4, -0.2) is 17.7 Å². The molecule has 0 aliphatic heterocycles. The third-order valence-corrected chi connectivity index (χ3v) is 4.29. The van der Waals surface area contributed by atoms with E-state index in [2.05, 4.69) is 0 Å². The molecule has 0 radical (unpaired) electrons. The summed E-state index contributed by atoms with van der Waals surface area (Å²) in [6, 6.07) is 19.3. The van der Waals surface area contributed by atoms with Gasteiger partial charge in [-0.15, -0.1) is 0 Å². The highest BCUT2D eigenvalue weighted by atomic mass is 16.7. The molecule has 5 heteroatoms. The van der Waals surface area contributed by atoms with Crippen molar-refractivity contribution in [3.05, 3.63) is 84.3 Å². The van der Waals surface area contributed by atoms with Crippen molar-refractivity contribution < 1.29 is 23.8 Å². The molecule has 2 rings (SSSR count). The molecule has 0 aromatic heterocycles. The van der Waals surface area contributed by atoms with Crippen LogP contribution in [0.1, 0.15) is 59.1 Å². The number of hydrogen-bond donors (Lipinski definition) is 0. The van der Waals surface area contributed by atoms with Gasteiger partial charge in [-0.05, 0) is 64.3 Å². The van der Waals surface area contributed by atoms with Gasteiger partial charge < -0.3 is 14.2 Å². The summed E-state index contributed by atoms with van der Waals surface area (Å²) in [5, 5.41) is 0. The molecule has 0 N–H and O–H groups in total. The third-order valence-electron chi connectivity index (χ3n) is 4.29. The first-order valence-electron chi connectivity index (χ1n) is 10.6. The lowest BCUT2D eigenvalue weighted by Gasteiger charge is -2.18. The van der Waals surface area contributed by atoms with E-state index in [9.17, 15) is 9.59 Å². The molecular formula is C27H34O5. The highest BCUT2D eigenvalue weighted by Gasteiger charge is 2.26. The Labute approximate surface area is 191 Å². The van der Waals surface area contributed by atoms with Crippen molar-refractivity contribution in [3.63, 3.8) is 0 Å². The molecule has 0 aliphatic rings. The lowest BCUT2D eigenvalue weighted by atomic mass is 9.91. The lowest BCUT2D eigenvalue weighted by molar-refractivity contribution is -0.147. The molecule has 0 saturated heterocycles. The van der Waals surface area contributed by atoms with Crippen LogP contribution in [0, 0.1) is 5.41 Å². The van der Waals surface area contributed by atoms with Crippen LogP contribution in [0.15, 0.2) is 73.2 Å². The van der Waals surface area contributed by atoms with Gasteiger partial charge in [0.1, 0.15) is 5.60 Å². The predicted molar refractivity (Wildman–Crippen MR) is 128 cm³/mol. The summed E-state index contributed by atoms with van der Waals surface area (Å²) in [6.07, 6.45) is 6.33. The van der Waals surface area contributed by atoms with Crippen LogP contribution < -0.4 is 0 Å². The molecule has 0 spiro atoms. The maximum atomic E-state index is 11.6. The molecule has 0 saturated carbocycles. The Morgan fingerprint density at radius 3 is 1.59 bits per heavy atom. The largest absolute Gasteiger partial charge is 0.513 e.